The van der Waals surface area contributed by atoms with Crippen LogP contribution < -0.4 is 10.6 Å². The Hall–Kier alpha value is -0.540. The average Bonchev–Trinajstić information content (AvgIpc) is 2.26. The maximum Gasteiger partial charge on any atom is 0.0510 e. The molecule has 0 heterocycles. The van der Waals surface area contributed by atoms with Crippen LogP contribution in [0.3, 0.4) is 0 Å². The quantitative estimate of drug-likeness (QED) is 0.912. The lowest BCUT2D eigenvalue weighted by atomic mass is 10.0. The fraction of sp³-hybridized carbons (Fsp3) is 0.571. The van der Waals surface area contributed by atoms with Crippen LogP contribution >= 0.6 is 15.9 Å². The van der Waals surface area contributed by atoms with E-state index in [1.807, 2.05) is 6.92 Å². The van der Waals surface area contributed by atoms with Gasteiger partial charge in [-0.2, -0.15) is 0 Å². The van der Waals surface area contributed by atoms with Crippen LogP contribution in [0.4, 0.5) is 5.69 Å². The summed E-state index contributed by atoms with van der Waals surface area (Å²) in [6, 6.07) is 6.94. The van der Waals surface area contributed by atoms with Gasteiger partial charge >= 0.3 is 0 Å². The summed E-state index contributed by atoms with van der Waals surface area (Å²) in [7, 11) is 2.14. The minimum Gasteiger partial charge on any atom is -0.371 e. The number of nitrogens with zero attached hydrogens (tertiary/aromatic N) is 1. The zero-order chi connectivity index (χ0) is 13.2. The van der Waals surface area contributed by atoms with Gasteiger partial charge in [-0.15, -0.1) is 0 Å². The third-order valence-electron chi connectivity index (χ3n) is 3.45. The highest BCUT2D eigenvalue weighted by molar-refractivity contribution is 9.10. The van der Waals surface area contributed by atoms with Crippen LogP contribution in [0.5, 0.6) is 0 Å². The van der Waals surface area contributed by atoms with Gasteiger partial charge in [-0.3, -0.25) is 0 Å². The van der Waals surface area contributed by atoms with Crippen molar-refractivity contribution in [2.75, 3.05) is 11.9 Å². The second-order valence-corrected chi connectivity index (χ2v) is 5.95. The number of anilines is 1. The predicted molar refractivity (Wildman–Crippen MR) is 79.4 cm³/mol. The van der Waals surface area contributed by atoms with E-state index >= 15 is 0 Å². The van der Waals surface area contributed by atoms with Crippen LogP contribution in [0, 0.1) is 5.92 Å². The fourth-order valence-electron chi connectivity index (χ4n) is 1.76. The highest BCUT2D eigenvalue weighted by Gasteiger charge is 2.16. The molecule has 2 atom stereocenters. The first kappa shape index (κ1) is 14.5. The van der Waals surface area contributed by atoms with Gasteiger partial charge in [0, 0.05) is 23.6 Å². The molecule has 3 heteroatoms. The minimum atomic E-state index is 0.0770. The van der Waals surface area contributed by atoms with Crippen LogP contribution in [0.2, 0.25) is 0 Å². The third-order valence-corrected chi connectivity index (χ3v) is 4.09. The van der Waals surface area contributed by atoms with Gasteiger partial charge in [-0.1, -0.05) is 19.9 Å². The Morgan fingerprint density at radius 1 is 1.18 bits per heavy atom. The van der Waals surface area contributed by atoms with Crippen molar-refractivity contribution >= 4 is 21.6 Å². The van der Waals surface area contributed by atoms with Crippen LogP contribution in [0.1, 0.15) is 39.3 Å². The number of benzene rings is 1. The predicted octanol–water partition coefficient (Wildman–Crippen LogP) is 3.95. The van der Waals surface area contributed by atoms with Crippen molar-refractivity contribution in [2.24, 2.45) is 11.7 Å². The van der Waals surface area contributed by atoms with Crippen molar-refractivity contribution < 1.29 is 0 Å². The molecule has 1 aromatic rings. The van der Waals surface area contributed by atoms with Gasteiger partial charge in [0.05, 0.1) is 5.69 Å². The monoisotopic (exact) mass is 298 g/mol. The summed E-state index contributed by atoms with van der Waals surface area (Å²) >= 11 is 3.64. The summed E-state index contributed by atoms with van der Waals surface area (Å²) in [5.74, 6) is 0.625. The Morgan fingerprint density at radius 3 is 2.18 bits per heavy atom. The molecule has 96 valence electrons. The molecule has 0 spiro atoms. The maximum atomic E-state index is 5.88. The highest BCUT2D eigenvalue weighted by atomic mass is 79.9. The molecule has 1 aromatic carbocycles. The summed E-state index contributed by atoms with van der Waals surface area (Å²) in [6.45, 7) is 8.73. The number of hydrogen-bond donors (Lipinski definition) is 1. The molecular weight excluding hydrogens is 276 g/mol. The summed E-state index contributed by atoms with van der Waals surface area (Å²) in [5, 5.41) is 0. The van der Waals surface area contributed by atoms with E-state index in [0.717, 1.165) is 10.0 Å². The van der Waals surface area contributed by atoms with Gasteiger partial charge in [0.2, 0.25) is 0 Å². The Labute approximate surface area is 113 Å². The van der Waals surface area contributed by atoms with Gasteiger partial charge in [0.1, 0.15) is 0 Å². The lowest BCUT2D eigenvalue weighted by molar-refractivity contribution is 0.505. The van der Waals surface area contributed by atoms with Gasteiger partial charge in [0.25, 0.3) is 0 Å². The lowest BCUT2D eigenvalue weighted by Gasteiger charge is -2.31. The van der Waals surface area contributed by atoms with Gasteiger partial charge in [0.15, 0.2) is 0 Å². The molecule has 0 saturated heterocycles. The Morgan fingerprint density at radius 2 is 1.76 bits per heavy atom. The van der Waals surface area contributed by atoms with Crippen molar-refractivity contribution in [3.8, 4) is 0 Å². The second-order valence-electron chi connectivity index (χ2n) is 5.10. The molecule has 2 nitrogen and oxygen atoms in total. The molecule has 0 bridgehead atoms. The first-order valence-corrected chi connectivity index (χ1v) is 6.91. The third kappa shape index (κ3) is 3.46. The van der Waals surface area contributed by atoms with E-state index in [-0.39, 0.29) is 6.04 Å². The molecule has 0 radical (unpaired) electrons. The number of nitrogens with two attached hydrogens (primary N) is 1. The minimum absolute atomic E-state index is 0.0770. The van der Waals surface area contributed by atoms with Crippen molar-refractivity contribution in [3.05, 3.63) is 28.2 Å². The van der Waals surface area contributed by atoms with Gasteiger partial charge < -0.3 is 10.6 Å². The van der Waals surface area contributed by atoms with E-state index in [2.05, 4.69) is 66.8 Å². The fourth-order valence-corrected chi connectivity index (χ4v) is 2.44. The molecule has 1 rings (SSSR count). The Bertz CT molecular complexity index is 374. The molecular formula is C14H23BrN2. The van der Waals surface area contributed by atoms with Crippen LogP contribution in [-0.2, 0) is 0 Å². The summed E-state index contributed by atoms with van der Waals surface area (Å²) in [6.07, 6.45) is 0. The SMILES string of the molecule is CC(C)C(C)N(C)c1ccc([C@@H](C)N)cc1Br. The van der Waals surface area contributed by atoms with E-state index in [1.165, 1.54) is 5.69 Å². The molecule has 2 N–H and O–H groups in total. The first-order valence-electron chi connectivity index (χ1n) is 6.12. The molecule has 0 aliphatic heterocycles. The van der Waals surface area contributed by atoms with E-state index < -0.39 is 0 Å². The molecule has 1 unspecified atom stereocenters. The van der Waals surface area contributed by atoms with E-state index in [0.29, 0.717) is 12.0 Å². The number of halogens is 1. The van der Waals surface area contributed by atoms with Crippen LogP contribution in [0.25, 0.3) is 0 Å². The standard InChI is InChI=1S/C14H23BrN2/c1-9(2)11(4)17(5)14-7-6-12(10(3)16)8-13(14)15/h6-11H,16H2,1-5H3/t10-,11?/m1/s1. The molecule has 17 heavy (non-hydrogen) atoms. The number of rotatable bonds is 4. The van der Waals surface area contributed by atoms with E-state index in [9.17, 15) is 0 Å². The molecule has 0 fully saturated rings. The molecule has 0 aliphatic rings. The molecule has 0 amide bonds. The topological polar surface area (TPSA) is 29.3 Å². The van der Waals surface area contributed by atoms with Gasteiger partial charge in [-0.05, 0) is 53.4 Å². The van der Waals surface area contributed by atoms with Crippen LogP contribution in [-0.4, -0.2) is 13.1 Å². The Kier molecular flexibility index (Phi) is 5.02. The molecule has 0 aromatic heterocycles. The largest absolute Gasteiger partial charge is 0.371 e. The van der Waals surface area contributed by atoms with Crippen molar-refractivity contribution in [1.29, 1.82) is 0 Å². The van der Waals surface area contributed by atoms with Crippen molar-refractivity contribution in [2.45, 2.75) is 39.8 Å². The van der Waals surface area contributed by atoms with E-state index in [4.69, 9.17) is 5.73 Å². The highest BCUT2D eigenvalue weighted by Crippen LogP contribution is 2.30. The van der Waals surface area contributed by atoms with Crippen molar-refractivity contribution in [3.63, 3.8) is 0 Å². The normalized spacial score (nSPS) is 14.8. The van der Waals surface area contributed by atoms with Crippen LogP contribution in [0.15, 0.2) is 22.7 Å². The second kappa shape index (κ2) is 5.87. The summed E-state index contributed by atoms with van der Waals surface area (Å²) in [4.78, 5) is 2.31. The molecule has 0 saturated carbocycles. The average molecular weight is 299 g/mol. The van der Waals surface area contributed by atoms with E-state index in [1.54, 1.807) is 0 Å². The summed E-state index contributed by atoms with van der Waals surface area (Å²) in [5.41, 5.74) is 8.26. The Balaban J connectivity index is 2.99. The van der Waals surface area contributed by atoms with Crippen molar-refractivity contribution in [1.82, 2.24) is 0 Å². The zero-order valence-electron chi connectivity index (χ0n) is 11.4. The zero-order valence-corrected chi connectivity index (χ0v) is 13.0. The molecule has 0 aliphatic carbocycles. The van der Waals surface area contributed by atoms with Gasteiger partial charge in [-0.25, -0.2) is 0 Å². The first-order chi connectivity index (χ1) is 7.84. The summed E-state index contributed by atoms with van der Waals surface area (Å²) < 4.78 is 1.11. The lowest BCUT2D eigenvalue weighted by Crippen LogP contribution is -2.33. The number of hydrogen-bond acceptors (Lipinski definition) is 2. The maximum absolute atomic E-state index is 5.88. The smallest absolute Gasteiger partial charge is 0.0510 e.